The molecule has 2 aliphatic heterocycles. The van der Waals surface area contributed by atoms with E-state index in [-0.39, 0.29) is 33.8 Å². The van der Waals surface area contributed by atoms with Crippen molar-refractivity contribution in [2.75, 3.05) is 7.11 Å². The maximum atomic E-state index is 13.7. The van der Waals surface area contributed by atoms with Crippen LogP contribution in [0.3, 0.4) is 0 Å². The van der Waals surface area contributed by atoms with Crippen molar-refractivity contribution in [3.05, 3.63) is 40.6 Å². The van der Waals surface area contributed by atoms with Crippen LogP contribution in [0.2, 0.25) is 0 Å². The third-order valence-electron chi connectivity index (χ3n) is 7.47. The van der Waals surface area contributed by atoms with Gasteiger partial charge in [-0.05, 0) is 32.0 Å². The number of rotatable bonds is 6. The van der Waals surface area contributed by atoms with E-state index in [0.717, 1.165) is 12.1 Å². The summed E-state index contributed by atoms with van der Waals surface area (Å²) < 4.78 is 33.5. The van der Waals surface area contributed by atoms with E-state index in [1.807, 2.05) is 0 Å². The standard InChI is InChI=1S/C28H32O15/c1-9-18(32)21(35)22(36)27(39-9)42-25-19(33)10(2)40-28(23(25)37)43-26-20(34)17-14(31)7-12(29)8-16(17)41-24(26)11-4-5-15(38-3)13(30)6-11/h4-10,18-19,21-23,25,27-33,35-37H,1-3H3/t9-,10-,18-,19-,21+,22+,23+,25+,27+,28+/m0/s1. The molecule has 2 fully saturated rings. The van der Waals surface area contributed by atoms with E-state index in [2.05, 4.69) is 0 Å². The van der Waals surface area contributed by atoms with Crippen LogP contribution >= 0.6 is 0 Å². The maximum Gasteiger partial charge on any atom is 0.239 e. The van der Waals surface area contributed by atoms with E-state index in [1.54, 1.807) is 0 Å². The predicted octanol–water partition coefficient (Wildman–Crippen LogP) is -0.357. The van der Waals surface area contributed by atoms with Gasteiger partial charge in [-0.1, -0.05) is 0 Å². The average molecular weight is 609 g/mol. The third-order valence-corrected chi connectivity index (χ3v) is 7.47. The van der Waals surface area contributed by atoms with E-state index in [4.69, 9.17) is 28.1 Å². The SMILES string of the molecule is COc1ccc(-c2oc3cc(O)cc(O)c3c(=O)c2O[C@H]2O[C@@H](C)[C@H](O)[C@@H](O[C@H]3O[C@@H](C)[C@H](O)[C@@H](O)[C@H]3O)[C@H]2O)cc1O. The molecule has 15 heteroatoms. The molecule has 2 aromatic carbocycles. The molecule has 0 spiro atoms. The summed E-state index contributed by atoms with van der Waals surface area (Å²) >= 11 is 0. The lowest BCUT2D eigenvalue weighted by atomic mass is 9.97. The van der Waals surface area contributed by atoms with Crippen molar-refractivity contribution in [2.45, 2.75) is 75.3 Å². The lowest BCUT2D eigenvalue weighted by Gasteiger charge is -2.45. The molecule has 3 heterocycles. The van der Waals surface area contributed by atoms with E-state index in [0.29, 0.717) is 0 Å². The fraction of sp³-hybridized carbons (Fsp3) is 0.464. The van der Waals surface area contributed by atoms with Gasteiger partial charge >= 0.3 is 0 Å². The number of aromatic hydroxyl groups is 3. The van der Waals surface area contributed by atoms with Crippen LogP contribution in [0.4, 0.5) is 0 Å². The van der Waals surface area contributed by atoms with Crippen LogP contribution in [0, 0.1) is 0 Å². The fourth-order valence-corrected chi connectivity index (χ4v) is 5.05. The number of hydrogen-bond acceptors (Lipinski definition) is 15. The van der Waals surface area contributed by atoms with Gasteiger partial charge in [0.1, 0.15) is 59.1 Å². The van der Waals surface area contributed by atoms with Gasteiger partial charge in [-0.15, -0.1) is 0 Å². The molecule has 8 N–H and O–H groups in total. The molecule has 15 nitrogen and oxygen atoms in total. The minimum atomic E-state index is -1.85. The zero-order valence-electron chi connectivity index (χ0n) is 23.1. The summed E-state index contributed by atoms with van der Waals surface area (Å²) in [6.07, 6.45) is -15.1. The molecule has 1 aromatic heterocycles. The van der Waals surface area contributed by atoms with Crippen LogP contribution in [0.15, 0.2) is 39.5 Å². The molecule has 2 saturated heterocycles. The van der Waals surface area contributed by atoms with E-state index >= 15 is 0 Å². The highest BCUT2D eigenvalue weighted by atomic mass is 16.7. The normalized spacial score (nSPS) is 32.9. The fourth-order valence-electron chi connectivity index (χ4n) is 5.05. The molecule has 2 aliphatic rings. The molecule has 3 aromatic rings. The van der Waals surface area contributed by atoms with Gasteiger partial charge < -0.3 is 69.0 Å². The molecule has 0 saturated carbocycles. The van der Waals surface area contributed by atoms with Crippen molar-refractivity contribution in [3.8, 4) is 40.1 Å². The lowest BCUT2D eigenvalue weighted by molar-refractivity contribution is -0.346. The molecular weight excluding hydrogens is 576 g/mol. The van der Waals surface area contributed by atoms with E-state index < -0.39 is 84.1 Å². The first-order valence-corrected chi connectivity index (χ1v) is 13.3. The first-order chi connectivity index (χ1) is 20.3. The van der Waals surface area contributed by atoms with Crippen molar-refractivity contribution in [1.29, 1.82) is 0 Å². The molecule has 0 amide bonds. The minimum Gasteiger partial charge on any atom is -0.508 e. The Morgan fingerprint density at radius 1 is 0.767 bits per heavy atom. The van der Waals surface area contributed by atoms with Gasteiger partial charge in [-0.3, -0.25) is 4.79 Å². The highest BCUT2D eigenvalue weighted by molar-refractivity contribution is 5.88. The van der Waals surface area contributed by atoms with Gasteiger partial charge in [-0.2, -0.15) is 0 Å². The van der Waals surface area contributed by atoms with Gasteiger partial charge in [0.05, 0.1) is 19.3 Å². The Hall–Kier alpha value is -3.67. The Kier molecular flexibility index (Phi) is 8.43. The van der Waals surface area contributed by atoms with Crippen LogP contribution in [0.25, 0.3) is 22.3 Å². The first-order valence-electron chi connectivity index (χ1n) is 13.3. The minimum absolute atomic E-state index is 0.0987. The Morgan fingerprint density at radius 3 is 2.12 bits per heavy atom. The van der Waals surface area contributed by atoms with Gasteiger partial charge in [-0.25, -0.2) is 0 Å². The van der Waals surface area contributed by atoms with Crippen LogP contribution in [-0.2, 0) is 14.2 Å². The smallest absolute Gasteiger partial charge is 0.239 e. The van der Waals surface area contributed by atoms with Gasteiger partial charge in [0.25, 0.3) is 0 Å². The summed E-state index contributed by atoms with van der Waals surface area (Å²) in [6.45, 7) is 2.84. The number of methoxy groups -OCH3 is 1. The summed E-state index contributed by atoms with van der Waals surface area (Å²) in [7, 11) is 1.34. The van der Waals surface area contributed by atoms with Crippen LogP contribution in [0.5, 0.6) is 28.7 Å². The van der Waals surface area contributed by atoms with E-state index in [9.17, 15) is 45.6 Å². The van der Waals surface area contributed by atoms with Gasteiger partial charge in [0.2, 0.25) is 17.5 Å². The summed E-state index contributed by atoms with van der Waals surface area (Å²) in [5.41, 5.74) is -1.07. The Balaban J connectivity index is 1.55. The zero-order chi connectivity index (χ0) is 31.3. The second kappa shape index (κ2) is 11.8. The third kappa shape index (κ3) is 5.57. The van der Waals surface area contributed by atoms with E-state index in [1.165, 1.54) is 39.2 Å². The summed E-state index contributed by atoms with van der Waals surface area (Å²) in [6, 6.07) is 6.02. The van der Waals surface area contributed by atoms with Crippen molar-refractivity contribution >= 4 is 11.0 Å². The number of aliphatic hydroxyl groups is 5. The predicted molar refractivity (Wildman–Crippen MR) is 144 cm³/mol. The zero-order valence-corrected chi connectivity index (χ0v) is 23.1. The topological polar surface area (TPSA) is 238 Å². The van der Waals surface area contributed by atoms with Gasteiger partial charge in [0, 0.05) is 17.7 Å². The molecule has 0 aliphatic carbocycles. The molecule has 10 atom stereocenters. The highest BCUT2D eigenvalue weighted by Gasteiger charge is 2.50. The molecule has 0 unspecified atom stereocenters. The first kappa shape index (κ1) is 30.8. The molecule has 5 rings (SSSR count). The molecular formula is C28H32O15. The monoisotopic (exact) mass is 608 g/mol. The number of ether oxygens (including phenoxy) is 5. The second-order valence-corrected chi connectivity index (χ2v) is 10.4. The molecule has 0 radical (unpaired) electrons. The number of benzene rings is 2. The number of fused-ring (bicyclic) bond motifs is 1. The largest absolute Gasteiger partial charge is 0.508 e. The number of hydrogen-bond donors (Lipinski definition) is 8. The maximum absolute atomic E-state index is 13.7. The number of phenolic OH excluding ortho intramolecular Hbond substituents is 3. The van der Waals surface area contributed by atoms with Crippen LogP contribution in [0.1, 0.15) is 13.8 Å². The number of aliphatic hydroxyl groups excluding tert-OH is 5. The van der Waals surface area contributed by atoms with Crippen molar-refractivity contribution in [2.24, 2.45) is 0 Å². The molecule has 0 bridgehead atoms. The Bertz CT molecular complexity index is 1540. The Labute approximate surface area is 243 Å². The van der Waals surface area contributed by atoms with Crippen molar-refractivity contribution in [3.63, 3.8) is 0 Å². The summed E-state index contributed by atoms with van der Waals surface area (Å²) in [5.74, 6) is -2.11. The van der Waals surface area contributed by atoms with Gasteiger partial charge in [0.15, 0.2) is 23.5 Å². The highest BCUT2D eigenvalue weighted by Crippen LogP contribution is 2.40. The Morgan fingerprint density at radius 2 is 1.44 bits per heavy atom. The van der Waals surface area contributed by atoms with Crippen LogP contribution in [-0.4, -0.2) is 109 Å². The second-order valence-electron chi connectivity index (χ2n) is 10.4. The molecule has 43 heavy (non-hydrogen) atoms. The van der Waals surface area contributed by atoms with Crippen LogP contribution < -0.4 is 14.9 Å². The quantitative estimate of drug-likeness (QED) is 0.178. The summed E-state index contributed by atoms with van der Waals surface area (Å²) in [5, 5.41) is 82.9. The number of phenols is 3. The van der Waals surface area contributed by atoms with Crippen molar-refractivity contribution < 1.29 is 69.0 Å². The average Bonchev–Trinajstić information content (AvgIpc) is 2.96. The lowest BCUT2D eigenvalue weighted by Crippen LogP contribution is -2.63. The van der Waals surface area contributed by atoms with Crippen molar-refractivity contribution in [1.82, 2.24) is 0 Å². The molecule has 234 valence electrons. The summed E-state index contributed by atoms with van der Waals surface area (Å²) in [4.78, 5) is 13.7.